The Labute approximate surface area is 320 Å². The van der Waals surface area contributed by atoms with Crippen LogP contribution in [-0.2, 0) is 52.3 Å². The minimum absolute atomic E-state index is 0.0543. The molecule has 0 radical (unpaired) electrons. The molecule has 2 aromatic carbocycles. The molecule has 3 aliphatic rings. The Kier molecular flexibility index (Phi) is 11.3. The predicted molar refractivity (Wildman–Crippen MR) is 201 cm³/mol. The number of piperidine rings is 1. The van der Waals surface area contributed by atoms with E-state index in [0.29, 0.717) is 61.1 Å². The first-order valence-corrected chi connectivity index (χ1v) is 21.2. The van der Waals surface area contributed by atoms with E-state index in [-0.39, 0.29) is 41.4 Å². The van der Waals surface area contributed by atoms with E-state index in [1.165, 1.54) is 16.4 Å². The molecule has 0 N–H and O–H groups in total. The van der Waals surface area contributed by atoms with Gasteiger partial charge in [0.2, 0.25) is 15.9 Å². The zero-order valence-electron chi connectivity index (χ0n) is 30.1. The van der Waals surface area contributed by atoms with E-state index in [9.17, 15) is 31.2 Å². The molecule has 2 fully saturated rings. The number of alkyl halides is 3. The molecule has 54 heavy (non-hydrogen) atoms. The molecule has 1 amide bonds. The van der Waals surface area contributed by atoms with Crippen molar-refractivity contribution in [1.29, 1.82) is 0 Å². The number of amides is 1. The summed E-state index contributed by atoms with van der Waals surface area (Å²) in [4.78, 5) is 29.9. The number of ether oxygens (including phenoxy) is 1. The Morgan fingerprint density at radius 1 is 1.02 bits per heavy atom. The number of rotatable bonds is 10. The molecule has 0 unspecified atom stereocenters. The minimum atomic E-state index is -4.64. The van der Waals surface area contributed by atoms with E-state index in [2.05, 4.69) is 4.90 Å². The molecule has 2 saturated heterocycles. The van der Waals surface area contributed by atoms with Crippen LogP contribution in [0.3, 0.4) is 0 Å². The Balaban J connectivity index is 1.08. The van der Waals surface area contributed by atoms with Gasteiger partial charge in [0.15, 0.2) is 0 Å². The standard InChI is InChI=1S/C36H43ClF3N7O5S2/c1-42-30-7-5-25(37)21-31(30)47(35(42)49)26-8-13-43(14-9-26)11-3-12-46-29-10-15-45(54(2,50)51)22-27(29)34(41-46)24-4-6-28(36(38,39)40)32(20-24)53-23-33(48)44-16-18-52-19-17-44/h4-7,20-21,26H,3,8-19,22-23H2,1-2H3. The SMILES string of the molecule is Cn1c(=O)n(C2CCN(CCCn3nc(-c4ccc(C(F)(F)F)c(SCC(=O)N5CCOCC5)c4)c4c3CCN(S(C)(=O)=O)C4)CC2)c2cc(Cl)ccc21. The van der Waals surface area contributed by atoms with Crippen LogP contribution < -0.4 is 5.69 Å². The van der Waals surface area contributed by atoms with Gasteiger partial charge >= 0.3 is 11.9 Å². The Morgan fingerprint density at radius 2 is 1.76 bits per heavy atom. The van der Waals surface area contributed by atoms with Gasteiger partial charge in [-0.05, 0) is 56.1 Å². The number of nitrogens with zero attached hydrogens (tertiary/aromatic N) is 7. The van der Waals surface area contributed by atoms with Crippen molar-refractivity contribution in [3.05, 3.63) is 68.7 Å². The molecule has 0 aliphatic carbocycles. The third kappa shape index (κ3) is 8.12. The number of morpholine rings is 1. The van der Waals surface area contributed by atoms with Gasteiger partial charge in [-0.25, -0.2) is 13.2 Å². The highest BCUT2D eigenvalue weighted by Crippen LogP contribution is 2.40. The highest BCUT2D eigenvalue weighted by molar-refractivity contribution is 8.00. The van der Waals surface area contributed by atoms with Gasteiger partial charge in [-0.3, -0.25) is 18.6 Å². The van der Waals surface area contributed by atoms with Gasteiger partial charge in [0.1, 0.15) is 0 Å². The van der Waals surface area contributed by atoms with Crippen LogP contribution >= 0.6 is 23.4 Å². The first kappa shape index (κ1) is 38.9. The monoisotopic (exact) mass is 809 g/mol. The smallest absolute Gasteiger partial charge is 0.378 e. The van der Waals surface area contributed by atoms with Crippen molar-refractivity contribution in [1.82, 2.24) is 33.0 Å². The highest BCUT2D eigenvalue weighted by Gasteiger charge is 2.35. The summed E-state index contributed by atoms with van der Waals surface area (Å²) < 4.78 is 79.8. The average Bonchev–Trinajstić information content (AvgIpc) is 3.63. The molecule has 0 atom stereocenters. The molecule has 3 aliphatic heterocycles. The van der Waals surface area contributed by atoms with E-state index in [4.69, 9.17) is 21.4 Å². The molecule has 0 spiro atoms. The number of halogens is 4. The fourth-order valence-electron chi connectivity index (χ4n) is 7.77. The lowest BCUT2D eigenvalue weighted by Gasteiger charge is -2.32. The van der Waals surface area contributed by atoms with Crippen LogP contribution in [0, 0.1) is 0 Å². The number of benzene rings is 2. The van der Waals surface area contributed by atoms with Gasteiger partial charge < -0.3 is 14.5 Å². The first-order chi connectivity index (χ1) is 25.7. The summed E-state index contributed by atoms with van der Waals surface area (Å²) in [6.07, 6.45) is -0.714. The van der Waals surface area contributed by atoms with Crippen LogP contribution in [-0.4, -0.2) is 112 Å². The summed E-state index contributed by atoms with van der Waals surface area (Å²) in [7, 11) is -1.77. The zero-order chi connectivity index (χ0) is 38.4. The molecular formula is C36H43ClF3N7O5S2. The number of thioether (sulfide) groups is 1. The van der Waals surface area contributed by atoms with Crippen molar-refractivity contribution >= 4 is 50.3 Å². The first-order valence-electron chi connectivity index (χ1n) is 18.0. The van der Waals surface area contributed by atoms with Gasteiger partial charge in [0.05, 0.1) is 47.5 Å². The summed E-state index contributed by atoms with van der Waals surface area (Å²) in [5, 5.41) is 5.49. The summed E-state index contributed by atoms with van der Waals surface area (Å²) in [5.74, 6) is -0.422. The fourth-order valence-corrected chi connectivity index (χ4v) is 9.74. The van der Waals surface area contributed by atoms with E-state index < -0.39 is 21.8 Å². The molecule has 12 nitrogen and oxygen atoms in total. The van der Waals surface area contributed by atoms with Gasteiger partial charge in [-0.15, -0.1) is 11.8 Å². The molecule has 5 heterocycles. The van der Waals surface area contributed by atoms with Crippen LogP contribution in [0.4, 0.5) is 13.2 Å². The normalized spacial score (nSPS) is 18.1. The molecule has 0 bridgehead atoms. The second-order valence-electron chi connectivity index (χ2n) is 14.1. The lowest BCUT2D eigenvalue weighted by atomic mass is 10.0. The lowest BCUT2D eigenvalue weighted by Crippen LogP contribution is -2.41. The Morgan fingerprint density at radius 3 is 2.46 bits per heavy atom. The zero-order valence-corrected chi connectivity index (χ0v) is 32.5. The number of carbonyl (C=O) groups is 1. The molecule has 18 heteroatoms. The summed E-state index contributed by atoms with van der Waals surface area (Å²) in [6.45, 7) is 4.84. The average molecular weight is 810 g/mol. The maximum Gasteiger partial charge on any atom is 0.417 e. The molecule has 7 rings (SSSR count). The highest BCUT2D eigenvalue weighted by atomic mass is 35.5. The van der Waals surface area contributed by atoms with Gasteiger partial charge in [0.25, 0.3) is 0 Å². The van der Waals surface area contributed by atoms with Gasteiger partial charge in [-0.2, -0.15) is 22.6 Å². The maximum atomic E-state index is 14.2. The van der Waals surface area contributed by atoms with Crippen LogP contribution in [0.15, 0.2) is 46.1 Å². The van der Waals surface area contributed by atoms with Crippen molar-refractivity contribution in [2.75, 3.05) is 64.5 Å². The molecule has 4 aromatic rings. The van der Waals surface area contributed by atoms with Crippen LogP contribution in [0.1, 0.15) is 42.1 Å². The number of likely N-dealkylation sites (tertiary alicyclic amines) is 1. The molecule has 2 aromatic heterocycles. The number of carbonyl (C=O) groups excluding carboxylic acids is 1. The van der Waals surface area contributed by atoms with Crippen LogP contribution in [0.5, 0.6) is 0 Å². The van der Waals surface area contributed by atoms with Crippen molar-refractivity contribution in [3.8, 4) is 11.3 Å². The fraction of sp³-hybridized carbons (Fsp3) is 0.528. The van der Waals surface area contributed by atoms with E-state index in [0.717, 1.165) is 79.7 Å². The van der Waals surface area contributed by atoms with E-state index >= 15 is 0 Å². The maximum absolute atomic E-state index is 14.2. The lowest BCUT2D eigenvalue weighted by molar-refractivity contribution is -0.139. The molecule has 292 valence electrons. The third-order valence-corrected chi connectivity index (χ3v) is 13.2. The molecular weight excluding hydrogens is 767 g/mol. The number of aryl methyl sites for hydroxylation is 2. The van der Waals surface area contributed by atoms with Gasteiger partial charge in [-0.1, -0.05) is 17.7 Å². The van der Waals surface area contributed by atoms with Crippen LogP contribution in [0.2, 0.25) is 5.02 Å². The Hall–Kier alpha value is -3.35. The number of fused-ring (bicyclic) bond motifs is 2. The van der Waals surface area contributed by atoms with Crippen molar-refractivity contribution < 1.29 is 31.1 Å². The summed E-state index contributed by atoms with van der Waals surface area (Å²) in [6, 6.07) is 9.37. The van der Waals surface area contributed by atoms with E-state index in [1.807, 2.05) is 21.4 Å². The second kappa shape index (κ2) is 15.7. The summed E-state index contributed by atoms with van der Waals surface area (Å²) >= 11 is 7.12. The quantitative estimate of drug-likeness (QED) is 0.209. The molecule has 0 saturated carbocycles. The van der Waals surface area contributed by atoms with Crippen molar-refractivity contribution in [2.24, 2.45) is 7.05 Å². The number of hydrogen-bond acceptors (Lipinski definition) is 8. The van der Waals surface area contributed by atoms with Crippen LogP contribution in [0.25, 0.3) is 22.3 Å². The number of sulfonamides is 1. The van der Waals surface area contributed by atoms with Crippen molar-refractivity contribution in [3.63, 3.8) is 0 Å². The number of imidazole rings is 1. The number of aromatic nitrogens is 4. The van der Waals surface area contributed by atoms with Gasteiger partial charge in [0, 0.05) is 92.1 Å². The summed E-state index contributed by atoms with van der Waals surface area (Å²) in [5.41, 5.74) is 3.20. The third-order valence-electron chi connectivity index (χ3n) is 10.7. The predicted octanol–water partition coefficient (Wildman–Crippen LogP) is 4.87. The second-order valence-corrected chi connectivity index (χ2v) is 17.5. The van der Waals surface area contributed by atoms with E-state index in [1.54, 1.807) is 22.6 Å². The topological polar surface area (TPSA) is 115 Å². The number of hydrogen-bond donors (Lipinski definition) is 0. The largest absolute Gasteiger partial charge is 0.417 e. The van der Waals surface area contributed by atoms with Crippen molar-refractivity contribution in [2.45, 2.75) is 55.9 Å². The minimum Gasteiger partial charge on any atom is -0.378 e. The Bertz CT molecular complexity index is 2210.